The molecule has 3 rings (SSSR count). The van der Waals surface area contributed by atoms with Crippen LogP contribution in [0.3, 0.4) is 0 Å². The number of hydrogen-bond acceptors (Lipinski definition) is 4. The Morgan fingerprint density at radius 2 is 1.91 bits per heavy atom. The van der Waals surface area contributed by atoms with Gasteiger partial charge in [-0.05, 0) is 40.8 Å². The lowest BCUT2D eigenvalue weighted by Crippen LogP contribution is -2.52. The molecule has 1 amide bonds. The minimum Gasteiger partial charge on any atom is -0.445 e. The van der Waals surface area contributed by atoms with Gasteiger partial charge in [0.2, 0.25) is 0 Å². The molecule has 5 nitrogen and oxygen atoms in total. The summed E-state index contributed by atoms with van der Waals surface area (Å²) < 4.78 is 6.11. The van der Waals surface area contributed by atoms with Crippen LogP contribution in [0.5, 0.6) is 0 Å². The highest BCUT2D eigenvalue weighted by Gasteiger charge is 2.43. The molecule has 1 aliphatic rings. The normalized spacial score (nSPS) is 15.7. The number of carbonyl (C=O) groups excluding carboxylic acids is 1. The standard InChI is InChI=1S/C16H16BrN3O2/c17-13-9-18-14(19-10-13)16(7-4-8-16)20-15(21)22-11-12-5-2-1-3-6-12/h1-3,5-6,9-10H,4,7-8,11H2,(H,20,21). The zero-order valence-corrected chi connectivity index (χ0v) is 13.5. The molecular formula is C16H16BrN3O2. The molecule has 0 bridgehead atoms. The van der Waals surface area contributed by atoms with Crippen LogP contribution >= 0.6 is 15.9 Å². The van der Waals surface area contributed by atoms with Crippen LogP contribution in [-0.2, 0) is 16.9 Å². The summed E-state index contributed by atoms with van der Waals surface area (Å²) in [6.45, 7) is 0.254. The van der Waals surface area contributed by atoms with Crippen molar-refractivity contribution in [2.24, 2.45) is 0 Å². The smallest absolute Gasteiger partial charge is 0.408 e. The molecule has 6 heteroatoms. The quantitative estimate of drug-likeness (QED) is 0.904. The van der Waals surface area contributed by atoms with Crippen molar-refractivity contribution in [2.45, 2.75) is 31.4 Å². The van der Waals surface area contributed by atoms with Gasteiger partial charge in [0, 0.05) is 12.4 Å². The molecule has 114 valence electrons. The Kier molecular flexibility index (Phi) is 4.38. The predicted octanol–water partition coefficient (Wildman–Crippen LogP) is 3.54. The van der Waals surface area contributed by atoms with Gasteiger partial charge in [0.1, 0.15) is 12.1 Å². The largest absolute Gasteiger partial charge is 0.445 e. The van der Waals surface area contributed by atoms with Gasteiger partial charge >= 0.3 is 6.09 Å². The van der Waals surface area contributed by atoms with Crippen LogP contribution in [0, 0.1) is 0 Å². The predicted molar refractivity (Wildman–Crippen MR) is 85.0 cm³/mol. The number of carbonyl (C=O) groups is 1. The third-order valence-electron chi connectivity index (χ3n) is 3.81. The molecule has 1 aromatic heterocycles. The van der Waals surface area contributed by atoms with E-state index in [4.69, 9.17) is 4.74 Å². The first-order chi connectivity index (χ1) is 10.7. The number of nitrogens with zero attached hydrogens (tertiary/aromatic N) is 2. The van der Waals surface area contributed by atoms with Gasteiger partial charge in [0.15, 0.2) is 5.82 Å². The molecule has 1 saturated carbocycles. The first-order valence-corrected chi connectivity index (χ1v) is 7.94. The Hall–Kier alpha value is -1.95. The number of hydrogen-bond donors (Lipinski definition) is 1. The second-order valence-corrected chi connectivity index (χ2v) is 6.26. The van der Waals surface area contributed by atoms with Crippen molar-refractivity contribution in [3.8, 4) is 0 Å². The number of rotatable bonds is 4. The summed E-state index contributed by atoms with van der Waals surface area (Å²) in [6.07, 6.45) is 5.65. The molecule has 0 unspecified atom stereocenters. The summed E-state index contributed by atoms with van der Waals surface area (Å²) in [5.74, 6) is 0.638. The minimum absolute atomic E-state index is 0.254. The SMILES string of the molecule is O=C(NC1(c2ncc(Br)cn2)CCC1)OCc1ccccc1. The van der Waals surface area contributed by atoms with E-state index in [1.165, 1.54) is 0 Å². The Bertz CT molecular complexity index is 642. The van der Waals surface area contributed by atoms with Gasteiger partial charge in [0.25, 0.3) is 0 Å². The van der Waals surface area contributed by atoms with Gasteiger partial charge in [-0.1, -0.05) is 30.3 Å². The molecule has 0 radical (unpaired) electrons. The average molecular weight is 362 g/mol. The molecule has 0 atom stereocenters. The second kappa shape index (κ2) is 6.44. The van der Waals surface area contributed by atoms with E-state index in [9.17, 15) is 4.79 Å². The van der Waals surface area contributed by atoms with Crippen molar-refractivity contribution >= 4 is 22.0 Å². The number of ether oxygens (including phenoxy) is 1. The number of nitrogens with one attached hydrogen (secondary N) is 1. The summed E-state index contributed by atoms with van der Waals surface area (Å²) in [5, 5.41) is 2.93. The van der Waals surface area contributed by atoms with Crippen LogP contribution in [0.15, 0.2) is 47.2 Å². The van der Waals surface area contributed by atoms with E-state index in [0.29, 0.717) is 5.82 Å². The summed E-state index contributed by atoms with van der Waals surface area (Å²) in [6, 6.07) is 9.60. The number of alkyl carbamates (subject to hydrolysis) is 1. The fourth-order valence-corrected chi connectivity index (χ4v) is 2.65. The van der Waals surface area contributed by atoms with E-state index < -0.39 is 11.6 Å². The van der Waals surface area contributed by atoms with Crippen LogP contribution in [0.1, 0.15) is 30.7 Å². The van der Waals surface area contributed by atoms with Crippen molar-refractivity contribution in [1.82, 2.24) is 15.3 Å². The molecule has 1 aliphatic carbocycles. The van der Waals surface area contributed by atoms with Crippen molar-refractivity contribution in [2.75, 3.05) is 0 Å². The highest BCUT2D eigenvalue weighted by molar-refractivity contribution is 9.10. The lowest BCUT2D eigenvalue weighted by molar-refractivity contribution is 0.102. The number of halogens is 1. The molecule has 0 spiro atoms. The molecule has 1 fully saturated rings. The van der Waals surface area contributed by atoms with Crippen molar-refractivity contribution < 1.29 is 9.53 Å². The monoisotopic (exact) mass is 361 g/mol. The van der Waals surface area contributed by atoms with Gasteiger partial charge in [-0.2, -0.15) is 0 Å². The summed E-state index contributed by atoms with van der Waals surface area (Å²) in [4.78, 5) is 20.7. The maximum Gasteiger partial charge on any atom is 0.408 e. The van der Waals surface area contributed by atoms with Crippen LogP contribution in [-0.4, -0.2) is 16.1 Å². The highest BCUT2D eigenvalue weighted by Crippen LogP contribution is 2.39. The minimum atomic E-state index is -0.492. The van der Waals surface area contributed by atoms with Gasteiger partial charge in [0.05, 0.1) is 4.47 Å². The lowest BCUT2D eigenvalue weighted by atomic mass is 9.76. The zero-order valence-electron chi connectivity index (χ0n) is 12.0. The molecular weight excluding hydrogens is 346 g/mol. The molecule has 1 aromatic carbocycles. The van der Waals surface area contributed by atoms with E-state index in [-0.39, 0.29) is 6.61 Å². The average Bonchev–Trinajstić information content (AvgIpc) is 2.51. The van der Waals surface area contributed by atoms with Gasteiger partial charge in [-0.15, -0.1) is 0 Å². The zero-order chi connectivity index (χ0) is 15.4. The maximum atomic E-state index is 12.1. The Morgan fingerprint density at radius 1 is 1.23 bits per heavy atom. The van der Waals surface area contributed by atoms with Gasteiger partial charge in [-0.3, -0.25) is 0 Å². The van der Waals surface area contributed by atoms with Crippen LogP contribution in [0.2, 0.25) is 0 Å². The highest BCUT2D eigenvalue weighted by atomic mass is 79.9. The fraction of sp³-hybridized carbons (Fsp3) is 0.312. The van der Waals surface area contributed by atoms with E-state index >= 15 is 0 Å². The van der Waals surface area contributed by atoms with E-state index in [0.717, 1.165) is 29.3 Å². The molecule has 1 heterocycles. The molecule has 0 saturated heterocycles. The summed E-state index contributed by atoms with van der Waals surface area (Å²) in [7, 11) is 0. The van der Waals surface area contributed by atoms with Crippen molar-refractivity contribution in [3.05, 3.63) is 58.6 Å². The number of amides is 1. The number of benzene rings is 1. The maximum absolute atomic E-state index is 12.1. The molecule has 1 N–H and O–H groups in total. The van der Waals surface area contributed by atoms with Crippen LogP contribution in [0.25, 0.3) is 0 Å². The third kappa shape index (κ3) is 3.27. The Labute approximate surface area is 137 Å². The number of aromatic nitrogens is 2. The Morgan fingerprint density at radius 3 is 2.50 bits per heavy atom. The molecule has 2 aromatic rings. The first-order valence-electron chi connectivity index (χ1n) is 7.15. The van der Waals surface area contributed by atoms with Crippen molar-refractivity contribution in [3.63, 3.8) is 0 Å². The summed E-state index contributed by atoms with van der Waals surface area (Å²) in [5.41, 5.74) is 0.467. The first kappa shape index (κ1) is 15.0. The van der Waals surface area contributed by atoms with E-state index in [1.54, 1.807) is 12.4 Å². The van der Waals surface area contributed by atoms with Gasteiger partial charge in [-0.25, -0.2) is 14.8 Å². The van der Waals surface area contributed by atoms with E-state index in [2.05, 4.69) is 31.2 Å². The Balaban J connectivity index is 1.62. The van der Waals surface area contributed by atoms with E-state index in [1.807, 2.05) is 30.3 Å². The van der Waals surface area contributed by atoms with Crippen molar-refractivity contribution in [1.29, 1.82) is 0 Å². The summed E-state index contributed by atoms with van der Waals surface area (Å²) >= 11 is 3.32. The second-order valence-electron chi connectivity index (χ2n) is 5.35. The fourth-order valence-electron chi connectivity index (χ4n) is 2.45. The van der Waals surface area contributed by atoms with Crippen LogP contribution < -0.4 is 5.32 Å². The molecule has 22 heavy (non-hydrogen) atoms. The van der Waals surface area contributed by atoms with Gasteiger partial charge < -0.3 is 10.1 Å². The topological polar surface area (TPSA) is 64.1 Å². The molecule has 0 aliphatic heterocycles. The van der Waals surface area contributed by atoms with Crippen LogP contribution in [0.4, 0.5) is 4.79 Å². The third-order valence-corrected chi connectivity index (χ3v) is 4.22. The lowest BCUT2D eigenvalue weighted by Gasteiger charge is -2.40.